The summed E-state index contributed by atoms with van der Waals surface area (Å²) >= 11 is 0. The molecule has 4 heteroatoms. The zero-order valence-electron chi connectivity index (χ0n) is 10.9. The maximum Gasteiger partial charge on any atom is 0.160 e. The van der Waals surface area contributed by atoms with E-state index >= 15 is 0 Å². The van der Waals surface area contributed by atoms with E-state index in [1.54, 1.807) is 0 Å². The molecule has 1 aliphatic rings. The van der Waals surface area contributed by atoms with Gasteiger partial charge in [-0.3, -0.25) is 0 Å². The molecule has 0 aromatic carbocycles. The van der Waals surface area contributed by atoms with Gasteiger partial charge in [0.1, 0.15) is 11.9 Å². The minimum absolute atomic E-state index is 0.0820. The third kappa shape index (κ3) is 2.94. The van der Waals surface area contributed by atoms with Crippen molar-refractivity contribution in [3.8, 4) is 0 Å². The Kier molecular flexibility index (Phi) is 3.94. The summed E-state index contributed by atoms with van der Waals surface area (Å²) in [5, 5.41) is 3.09. The molecule has 17 heavy (non-hydrogen) atoms. The number of hydrogen-bond acceptors (Lipinski definition) is 4. The van der Waals surface area contributed by atoms with Gasteiger partial charge in [-0.1, -0.05) is 6.92 Å². The summed E-state index contributed by atoms with van der Waals surface area (Å²) in [6.07, 6.45) is 3.48. The predicted octanol–water partition coefficient (Wildman–Crippen LogP) is 2.57. The Labute approximate surface area is 103 Å². The molecule has 0 saturated heterocycles. The third-order valence-corrected chi connectivity index (χ3v) is 3.07. The van der Waals surface area contributed by atoms with Crippen LogP contribution in [0.25, 0.3) is 0 Å². The van der Waals surface area contributed by atoms with Crippen molar-refractivity contribution in [2.45, 2.75) is 39.2 Å². The van der Waals surface area contributed by atoms with Gasteiger partial charge < -0.3 is 10.1 Å². The summed E-state index contributed by atoms with van der Waals surface area (Å²) in [5.41, 5.74) is 1.07. The molecule has 0 spiro atoms. The highest BCUT2D eigenvalue weighted by atomic mass is 16.5. The summed E-state index contributed by atoms with van der Waals surface area (Å²) in [7, 11) is 1.89. The molecule has 1 unspecified atom stereocenters. The van der Waals surface area contributed by atoms with E-state index in [1.807, 2.05) is 20.0 Å². The predicted molar refractivity (Wildman–Crippen MR) is 68.0 cm³/mol. The van der Waals surface area contributed by atoms with Crippen molar-refractivity contribution in [3.05, 3.63) is 17.6 Å². The van der Waals surface area contributed by atoms with Crippen LogP contribution in [0.3, 0.4) is 0 Å². The van der Waals surface area contributed by atoms with Gasteiger partial charge in [0.25, 0.3) is 0 Å². The van der Waals surface area contributed by atoms with E-state index in [-0.39, 0.29) is 6.10 Å². The first-order chi connectivity index (χ1) is 8.28. The fourth-order valence-corrected chi connectivity index (χ4v) is 1.95. The molecule has 2 rings (SSSR count). The minimum Gasteiger partial charge on any atom is -0.373 e. The van der Waals surface area contributed by atoms with Gasteiger partial charge in [0.2, 0.25) is 0 Å². The molecule has 0 bridgehead atoms. The smallest absolute Gasteiger partial charge is 0.160 e. The van der Waals surface area contributed by atoms with Gasteiger partial charge in [-0.25, -0.2) is 9.97 Å². The van der Waals surface area contributed by atoms with Crippen LogP contribution in [0, 0.1) is 5.92 Å². The van der Waals surface area contributed by atoms with Crippen molar-refractivity contribution in [2.75, 3.05) is 19.0 Å². The van der Waals surface area contributed by atoms with Crippen LogP contribution in [-0.2, 0) is 11.2 Å². The summed E-state index contributed by atoms with van der Waals surface area (Å²) in [6.45, 7) is 4.85. The summed E-state index contributed by atoms with van der Waals surface area (Å²) in [4.78, 5) is 9.14. The maximum atomic E-state index is 5.80. The van der Waals surface area contributed by atoms with Crippen LogP contribution in [0.4, 0.5) is 5.82 Å². The van der Waals surface area contributed by atoms with Crippen molar-refractivity contribution in [1.82, 2.24) is 9.97 Å². The van der Waals surface area contributed by atoms with Crippen molar-refractivity contribution < 1.29 is 4.74 Å². The quantitative estimate of drug-likeness (QED) is 0.823. The maximum absolute atomic E-state index is 5.80. The first kappa shape index (κ1) is 12.3. The molecule has 1 aromatic heterocycles. The van der Waals surface area contributed by atoms with Crippen molar-refractivity contribution >= 4 is 5.82 Å². The number of aryl methyl sites for hydroxylation is 1. The van der Waals surface area contributed by atoms with Crippen LogP contribution in [0.5, 0.6) is 0 Å². The monoisotopic (exact) mass is 235 g/mol. The Bertz CT molecular complexity index is 355. The van der Waals surface area contributed by atoms with Crippen LogP contribution < -0.4 is 5.32 Å². The molecule has 0 aliphatic heterocycles. The fraction of sp³-hybridized carbons (Fsp3) is 0.692. The normalized spacial score (nSPS) is 16.9. The van der Waals surface area contributed by atoms with Crippen LogP contribution >= 0.6 is 0 Å². The van der Waals surface area contributed by atoms with Crippen molar-refractivity contribution in [3.63, 3.8) is 0 Å². The molecule has 1 aliphatic carbocycles. The van der Waals surface area contributed by atoms with Crippen LogP contribution in [0.1, 0.15) is 44.3 Å². The van der Waals surface area contributed by atoms with E-state index < -0.39 is 0 Å². The molecule has 1 heterocycles. The number of ether oxygens (including phenoxy) is 1. The Morgan fingerprint density at radius 1 is 1.41 bits per heavy atom. The molecular weight excluding hydrogens is 214 g/mol. The first-order valence-electron chi connectivity index (χ1n) is 6.45. The number of hydrogen-bond donors (Lipinski definition) is 1. The average molecular weight is 235 g/mol. The molecule has 1 atom stereocenters. The standard InChI is InChI=1S/C13H21N3O/c1-4-10-8-11(14-3)16-13(15-10)12(17-5-2)9-6-7-9/h8-9,12H,4-7H2,1-3H3,(H,14,15,16). The van der Waals surface area contributed by atoms with Gasteiger partial charge >= 0.3 is 0 Å². The van der Waals surface area contributed by atoms with Crippen molar-refractivity contribution in [1.29, 1.82) is 0 Å². The Morgan fingerprint density at radius 3 is 2.71 bits per heavy atom. The largest absolute Gasteiger partial charge is 0.373 e. The summed E-state index contributed by atoms with van der Waals surface area (Å²) in [6, 6.07) is 2.00. The number of anilines is 1. The minimum atomic E-state index is 0.0820. The van der Waals surface area contributed by atoms with Gasteiger partial charge in [0.15, 0.2) is 5.82 Å². The second-order valence-electron chi connectivity index (χ2n) is 4.42. The highest BCUT2D eigenvalue weighted by molar-refractivity contribution is 5.35. The Hall–Kier alpha value is -1.16. The molecule has 0 amide bonds. The molecular formula is C13H21N3O. The zero-order valence-corrected chi connectivity index (χ0v) is 10.9. The molecule has 1 fully saturated rings. The van der Waals surface area contributed by atoms with Crippen LogP contribution in [-0.4, -0.2) is 23.6 Å². The average Bonchev–Trinajstić information content (AvgIpc) is 3.19. The molecule has 1 N–H and O–H groups in total. The Morgan fingerprint density at radius 2 is 2.18 bits per heavy atom. The number of rotatable bonds is 6. The summed E-state index contributed by atoms with van der Waals surface area (Å²) < 4.78 is 5.80. The van der Waals surface area contributed by atoms with E-state index in [9.17, 15) is 0 Å². The lowest BCUT2D eigenvalue weighted by atomic mass is 10.2. The number of nitrogens with zero attached hydrogens (tertiary/aromatic N) is 2. The van der Waals surface area contributed by atoms with Gasteiger partial charge in [0.05, 0.1) is 0 Å². The van der Waals surface area contributed by atoms with E-state index in [1.165, 1.54) is 12.8 Å². The third-order valence-electron chi connectivity index (χ3n) is 3.07. The van der Waals surface area contributed by atoms with Crippen LogP contribution in [0.15, 0.2) is 6.07 Å². The highest BCUT2D eigenvalue weighted by Gasteiger charge is 2.35. The molecule has 1 aromatic rings. The summed E-state index contributed by atoms with van der Waals surface area (Å²) in [5.74, 6) is 2.35. The molecule has 0 radical (unpaired) electrons. The van der Waals surface area contributed by atoms with E-state index in [2.05, 4.69) is 22.2 Å². The molecule has 94 valence electrons. The highest BCUT2D eigenvalue weighted by Crippen LogP contribution is 2.42. The number of nitrogens with one attached hydrogen (secondary N) is 1. The lowest BCUT2D eigenvalue weighted by Crippen LogP contribution is -2.13. The number of aromatic nitrogens is 2. The lowest BCUT2D eigenvalue weighted by molar-refractivity contribution is 0.0400. The second-order valence-corrected chi connectivity index (χ2v) is 4.42. The van der Waals surface area contributed by atoms with E-state index in [0.717, 1.165) is 30.4 Å². The topological polar surface area (TPSA) is 47.0 Å². The van der Waals surface area contributed by atoms with Gasteiger partial charge in [0, 0.05) is 25.4 Å². The zero-order chi connectivity index (χ0) is 12.3. The van der Waals surface area contributed by atoms with Gasteiger partial charge in [-0.2, -0.15) is 0 Å². The first-order valence-corrected chi connectivity index (χ1v) is 6.45. The lowest BCUT2D eigenvalue weighted by Gasteiger charge is -2.16. The van der Waals surface area contributed by atoms with Gasteiger partial charge in [-0.05, 0) is 32.1 Å². The Balaban J connectivity index is 2.27. The second kappa shape index (κ2) is 5.45. The fourth-order valence-electron chi connectivity index (χ4n) is 1.95. The van der Waals surface area contributed by atoms with Gasteiger partial charge in [-0.15, -0.1) is 0 Å². The molecule has 1 saturated carbocycles. The van der Waals surface area contributed by atoms with Crippen molar-refractivity contribution in [2.24, 2.45) is 5.92 Å². The van der Waals surface area contributed by atoms with E-state index in [4.69, 9.17) is 4.74 Å². The van der Waals surface area contributed by atoms with E-state index in [0.29, 0.717) is 5.92 Å². The van der Waals surface area contributed by atoms with Crippen LogP contribution in [0.2, 0.25) is 0 Å². The SMILES string of the molecule is CCOC(c1nc(CC)cc(NC)n1)C1CC1. The molecule has 4 nitrogen and oxygen atoms in total.